The molecule has 0 spiro atoms. The number of aromatic nitrogens is 4. The van der Waals surface area contributed by atoms with Gasteiger partial charge in [0, 0.05) is 58.7 Å². The fraction of sp³-hybridized carbons (Fsp3) is 0.543. The second kappa shape index (κ2) is 42.6. The fourth-order valence-corrected chi connectivity index (χ4v) is 15.7. The van der Waals surface area contributed by atoms with E-state index < -0.39 is 154 Å². The van der Waals surface area contributed by atoms with Crippen molar-refractivity contribution in [3.05, 3.63) is 114 Å². The summed E-state index contributed by atoms with van der Waals surface area (Å²) in [5.41, 5.74) is 0.215. The zero-order valence-corrected chi connectivity index (χ0v) is 74.2. The van der Waals surface area contributed by atoms with Gasteiger partial charge in [0.2, 0.25) is 34.8 Å². The first-order chi connectivity index (χ1) is 59.7. The molecule has 4 unspecified atom stereocenters. The fourth-order valence-electron chi connectivity index (χ4n) is 15.7. The van der Waals surface area contributed by atoms with Gasteiger partial charge in [0.1, 0.15) is 60.1 Å². The van der Waals surface area contributed by atoms with Crippen LogP contribution in [0.3, 0.4) is 0 Å². The van der Waals surface area contributed by atoms with Crippen LogP contribution in [0.5, 0.6) is 11.5 Å². The highest BCUT2D eigenvalue weighted by Crippen LogP contribution is 2.46. The molecule has 2 aromatic carbocycles. The van der Waals surface area contributed by atoms with Crippen molar-refractivity contribution >= 4 is 105 Å². The Hall–Kier alpha value is -12.3. The minimum atomic E-state index is -2.00. The molecule has 126 heavy (non-hydrogen) atoms. The van der Waals surface area contributed by atoms with E-state index in [0.29, 0.717) is 95.9 Å². The van der Waals surface area contributed by atoms with E-state index in [4.69, 9.17) is 47.9 Å². The third-order valence-electron chi connectivity index (χ3n) is 22.2. The van der Waals surface area contributed by atoms with Gasteiger partial charge in [-0.2, -0.15) is 0 Å². The number of nitrogens with one attached hydrogen (secondary N) is 4. The van der Waals surface area contributed by atoms with Crippen LogP contribution in [0, 0.1) is 0 Å². The van der Waals surface area contributed by atoms with Crippen molar-refractivity contribution in [1.29, 1.82) is 0 Å². The number of carbonyl (C=O) groups excluding carboxylic acids is 12. The maximum absolute atomic E-state index is 14.3. The summed E-state index contributed by atoms with van der Waals surface area (Å²) in [7, 11) is 0. The number of ether oxygens (including phenoxy) is 8. The SMILES string of the molecule is CCCCC(NC(=O)CCC(=O)Oc1ccc2nc3c(c(CC)c2c1)Cn1c-3cc2c(c1=O)COC(=O)[C@@]2(CC)OC(=O)CCC(=O)NC(CCCC)C(=O)O)C(=O)O.CCCCC(NC(=O)CCC(=O)Oc1ccc2nc3c(c(CC)c2c1)Cn1c-3cc2c(c1=O)COC(=O)[C@@]2(CC)OC(=O)CCC(=O)NC(CCCC)C(=O)OC(C)(C)C)C(=O)OC(C)(C)C. The van der Waals surface area contributed by atoms with Crippen molar-refractivity contribution in [2.24, 2.45) is 0 Å². The molecule has 680 valence electrons. The van der Waals surface area contributed by atoms with Crippen LogP contribution >= 0.6 is 0 Å². The van der Waals surface area contributed by atoms with Gasteiger partial charge in [-0.1, -0.05) is 107 Å². The van der Waals surface area contributed by atoms with Crippen LogP contribution in [-0.2, 0) is 146 Å². The summed E-state index contributed by atoms with van der Waals surface area (Å²) in [6, 6.07) is 9.20. The first kappa shape index (κ1) is 97.5. The van der Waals surface area contributed by atoms with Gasteiger partial charge < -0.3 is 78.5 Å². The number of hydrogen-bond acceptors (Lipinski definition) is 26. The standard InChI is InChI=1S/C50H66N4O13.C42H50N4O13/c1-11-15-17-36(45(60)66-48(5,6)7)51-39(55)21-23-41(57)64-29-19-20-35-31(25-29)30(13-3)32-27-54-38(43(32)53-35)26-34-33(44(54)59)28-63-47(62)50(34,14-4)65-42(58)24-22-40(56)52-37(18-16-12-2)46(61)67-49(8,9)10;1-5-9-11-30(39(52)53)43-33(47)15-17-35(49)58-23-13-14-29-25(19-23)24(7-3)26-21-46-32(37(26)45-29)20-28-27(38(46)51)22-57-41(56)42(28,8-4)59-36(50)18-16-34(48)44-31(40(54)55)12-10-6-2/h19-20,25-26,36-37H,11-18,21-24,27-28H2,1-10H3,(H,51,55)(H,52,56);13-14,19-20,30-31H,5-12,15-18,21-22H2,1-4H3,(H,43,47)(H,44,48)(H,52,53)(H,54,55)/t36?,37?,50-;30?,31?,42-/m00/s1. The maximum atomic E-state index is 14.3. The summed E-state index contributed by atoms with van der Waals surface area (Å²) in [6.07, 6.45) is 5.23. The Kier molecular flexibility index (Phi) is 33.0. The number of aryl methyl sites for hydroxylation is 2. The molecule has 10 rings (SSSR count). The Morgan fingerprint density at radius 3 is 1.06 bits per heavy atom. The third-order valence-corrected chi connectivity index (χ3v) is 22.2. The molecule has 0 saturated carbocycles. The number of benzene rings is 2. The van der Waals surface area contributed by atoms with Crippen LogP contribution in [0.1, 0.15) is 283 Å². The highest BCUT2D eigenvalue weighted by Gasteiger charge is 2.53. The number of unbranched alkanes of at least 4 members (excludes halogenated alkanes) is 4. The summed E-state index contributed by atoms with van der Waals surface area (Å²) < 4.78 is 47.9. The molecule has 4 aliphatic heterocycles. The van der Waals surface area contributed by atoms with Crippen LogP contribution in [0.25, 0.3) is 44.6 Å². The number of pyridine rings is 4. The Bertz CT molecular complexity index is 5340. The van der Waals surface area contributed by atoms with Crippen LogP contribution in [0.2, 0.25) is 0 Å². The molecule has 4 aliphatic rings. The third kappa shape index (κ3) is 23.4. The van der Waals surface area contributed by atoms with Crippen LogP contribution in [0.15, 0.2) is 58.1 Å². The molecular weight excluding hydrogens is 1630 g/mol. The molecule has 0 saturated heterocycles. The molecule has 6 aromatic rings. The number of hydrogen-bond donors (Lipinski definition) is 6. The first-order valence-electron chi connectivity index (χ1n) is 43.5. The molecule has 4 aromatic heterocycles. The van der Waals surface area contributed by atoms with Gasteiger partial charge in [0.15, 0.2) is 0 Å². The van der Waals surface area contributed by atoms with E-state index in [-0.39, 0.29) is 124 Å². The number of nitrogens with zero attached hydrogens (tertiary/aromatic N) is 4. The van der Waals surface area contributed by atoms with Gasteiger partial charge in [-0.3, -0.25) is 47.9 Å². The second-order valence-corrected chi connectivity index (χ2v) is 33.7. The van der Waals surface area contributed by atoms with E-state index in [9.17, 15) is 86.9 Å². The predicted octanol–water partition coefficient (Wildman–Crippen LogP) is 10.9. The van der Waals surface area contributed by atoms with Gasteiger partial charge in [-0.05, 0) is 153 Å². The van der Waals surface area contributed by atoms with E-state index in [2.05, 4.69) is 21.3 Å². The molecule has 6 atom stereocenters. The molecule has 6 N–H and O–H groups in total. The van der Waals surface area contributed by atoms with E-state index in [1.807, 2.05) is 41.5 Å². The predicted molar refractivity (Wildman–Crippen MR) is 457 cm³/mol. The zero-order valence-electron chi connectivity index (χ0n) is 74.2. The van der Waals surface area contributed by atoms with E-state index >= 15 is 0 Å². The van der Waals surface area contributed by atoms with Crippen LogP contribution < -0.4 is 41.9 Å². The number of carboxylic acid groups (broad SMARTS) is 2. The lowest BCUT2D eigenvalue weighted by atomic mass is 9.85. The normalized spacial score (nSPS) is 16.1. The van der Waals surface area contributed by atoms with Crippen molar-refractivity contribution in [3.8, 4) is 34.3 Å². The van der Waals surface area contributed by atoms with Crippen molar-refractivity contribution in [2.75, 3.05) is 0 Å². The van der Waals surface area contributed by atoms with Crippen molar-refractivity contribution in [1.82, 2.24) is 40.4 Å². The number of esters is 8. The molecular formula is C92H116N8O26. The highest BCUT2D eigenvalue weighted by molar-refractivity contribution is 5.96. The van der Waals surface area contributed by atoms with Gasteiger partial charge >= 0.3 is 59.7 Å². The molecule has 4 amide bonds. The number of fused-ring (bicyclic) bond motifs is 10. The monoisotopic (exact) mass is 1750 g/mol. The number of carboxylic acids is 2. The highest BCUT2D eigenvalue weighted by atomic mass is 16.6. The van der Waals surface area contributed by atoms with Gasteiger partial charge in [0.25, 0.3) is 11.1 Å². The topological polar surface area (TPSA) is 471 Å². The van der Waals surface area contributed by atoms with Crippen molar-refractivity contribution in [2.45, 2.75) is 324 Å². The maximum Gasteiger partial charge on any atom is 0.355 e. The average molecular weight is 1750 g/mol. The smallest absolute Gasteiger partial charge is 0.355 e. The molecule has 34 nitrogen and oxygen atoms in total. The van der Waals surface area contributed by atoms with Crippen molar-refractivity contribution in [3.63, 3.8) is 0 Å². The summed E-state index contributed by atoms with van der Waals surface area (Å²) in [5, 5.41) is 30.4. The molecule has 0 radical (unpaired) electrons. The van der Waals surface area contributed by atoms with Crippen LogP contribution in [0.4, 0.5) is 0 Å². The molecule has 0 bridgehead atoms. The summed E-state index contributed by atoms with van der Waals surface area (Å²) in [6.45, 7) is 24.9. The summed E-state index contributed by atoms with van der Waals surface area (Å²) in [4.78, 5) is 217. The summed E-state index contributed by atoms with van der Waals surface area (Å²) in [5.74, 6) is -10.2. The molecule has 34 heteroatoms. The van der Waals surface area contributed by atoms with E-state index in [1.165, 1.54) is 4.57 Å². The lowest BCUT2D eigenvalue weighted by molar-refractivity contribution is -0.189. The molecule has 0 aliphatic carbocycles. The minimum Gasteiger partial charge on any atom is -0.480 e. The molecule has 0 fully saturated rings. The Balaban J connectivity index is 0.000000287. The van der Waals surface area contributed by atoms with Crippen molar-refractivity contribution < 1.29 is 115 Å². The number of aliphatic carboxylic acids is 2. The Morgan fingerprint density at radius 1 is 0.437 bits per heavy atom. The quantitative estimate of drug-likeness (QED) is 0.0118. The number of amides is 4. The summed E-state index contributed by atoms with van der Waals surface area (Å²) >= 11 is 0. The van der Waals surface area contributed by atoms with Gasteiger partial charge in [0.05, 0.1) is 83.7 Å². The lowest BCUT2D eigenvalue weighted by Crippen LogP contribution is -2.47. The Labute approximate surface area is 729 Å². The molecule has 8 heterocycles. The largest absolute Gasteiger partial charge is 0.480 e. The minimum absolute atomic E-state index is 0.0760. The number of carbonyl (C=O) groups is 14. The first-order valence-corrected chi connectivity index (χ1v) is 43.5. The van der Waals surface area contributed by atoms with Crippen LogP contribution in [-0.4, -0.2) is 148 Å². The zero-order chi connectivity index (χ0) is 92.4. The lowest BCUT2D eigenvalue weighted by Gasteiger charge is -2.35. The number of rotatable bonds is 40. The average Bonchev–Trinajstić information content (AvgIpc) is 1.44. The van der Waals surface area contributed by atoms with Gasteiger partial charge in [-0.15, -0.1) is 0 Å². The van der Waals surface area contributed by atoms with Gasteiger partial charge in [-0.25, -0.2) is 38.7 Å². The Morgan fingerprint density at radius 2 is 0.754 bits per heavy atom. The number of cyclic esters (lactones) is 2. The van der Waals surface area contributed by atoms with E-state index in [0.717, 1.165) is 47.9 Å². The van der Waals surface area contributed by atoms with E-state index in [1.54, 1.807) is 108 Å². The second-order valence-electron chi connectivity index (χ2n) is 33.7.